The molecule has 1 aromatic carbocycles. The summed E-state index contributed by atoms with van der Waals surface area (Å²) in [5, 5.41) is 14.9. The highest BCUT2D eigenvalue weighted by molar-refractivity contribution is 7.99. The molecule has 0 saturated carbocycles. The predicted octanol–water partition coefficient (Wildman–Crippen LogP) is 1.78. The van der Waals surface area contributed by atoms with Crippen LogP contribution in [0.3, 0.4) is 0 Å². The number of oxime groups is 1. The van der Waals surface area contributed by atoms with E-state index in [2.05, 4.69) is 10.5 Å². The van der Waals surface area contributed by atoms with Gasteiger partial charge in [0.25, 0.3) is 0 Å². The lowest BCUT2D eigenvalue weighted by Gasteiger charge is -2.23. The first-order chi connectivity index (χ1) is 10.2. The van der Waals surface area contributed by atoms with Crippen molar-refractivity contribution in [3.63, 3.8) is 0 Å². The lowest BCUT2D eigenvalue weighted by molar-refractivity contribution is -0.121. The van der Waals surface area contributed by atoms with E-state index < -0.39 is 5.92 Å². The fourth-order valence-corrected chi connectivity index (χ4v) is 3.66. The number of carbonyl (C=O) groups is 1. The van der Waals surface area contributed by atoms with E-state index in [-0.39, 0.29) is 11.7 Å². The van der Waals surface area contributed by atoms with Crippen LogP contribution >= 0.6 is 11.8 Å². The molecule has 1 fully saturated rings. The summed E-state index contributed by atoms with van der Waals surface area (Å²) in [6, 6.07) is 9.14. The molecule has 4 N–H and O–H groups in total. The van der Waals surface area contributed by atoms with E-state index in [1.54, 1.807) is 12.1 Å². The van der Waals surface area contributed by atoms with E-state index in [0.29, 0.717) is 12.5 Å². The second-order valence-corrected chi connectivity index (χ2v) is 6.39. The monoisotopic (exact) mass is 307 g/mol. The first kappa shape index (κ1) is 15.7. The third kappa shape index (κ3) is 4.39. The van der Waals surface area contributed by atoms with Crippen LogP contribution in [0.1, 0.15) is 24.3 Å². The van der Waals surface area contributed by atoms with Gasteiger partial charge in [-0.3, -0.25) is 4.79 Å². The van der Waals surface area contributed by atoms with E-state index in [1.165, 1.54) is 0 Å². The molecule has 0 spiro atoms. The van der Waals surface area contributed by atoms with Gasteiger partial charge in [0.2, 0.25) is 5.91 Å². The quantitative estimate of drug-likeness (QED) is 0.335. The van der Waals surface area contributed by atoms with Gasteiger partial charge in [0, 0.05) is 6.54 Å². The molecule has 6 heteroatoms. The van der Waals surface area contributed by atoms with Gasteiger partial charge < -0.3 is 16.3 Å². The maximum atomic E-state index is 12.4. The Kier molecular flexibility index (Phi) is 5.92. The summed E-state index contributed by atoms with van der Waals surface area (Å²) < 4.78 is 0. The SMILES string of the molecule is N/C(=N/O)C(C(=O)NCC1CCSCC1)c1ccccc1. The fourth-order valence-electron chi connectivity index (χ4n) is 2.46. The summed E-state index contributed by atoms with van der Waals surface area (Å²) in [6.07, 6.45) is 2.26. The van der Waals surface area contributed by atoms with Crippen LogP contribution in [0.4, 0.5) is 0 Å². The second-order valence-electron chi connectivity index (χ2n) is 5.17. The molecule has 0 aromatic heterocycles. The minimum atomic E-state index is -0.742. The smallest absolute Gasteiger partial charge is 0.235 e. The summed E-state index contributed by atoms with van der Waals surface area (Å²) in [5.41, 5.74) is 6.42. The van der Waals surface area contributed by atoms with Crippen molar-refractivity contribution in [2.75, 3.05) is 18.1 Å². The van der Waals surface area contributed by atoms with Crippen LogP contribution in [0.2, 0.25) is 0 Å². The molecule has 2 rings (SSSR count). The molecule has 1 unspecified atom stereocenters. The van der Waals surface area contributed by atoms with Gasteiger partial charge in [-0.15, -0.1) is 0 Å². The standard InChI is InChI=1S/C15H21N3O2S/c16-14(18-20)13(12-4-2-1-3-5-12)15(19)17-10-11-6-8-21-9-7-11/h1-5,11,13,20H,6-10H2,(H2,16,18)(H,17,19). The summed E-state index contributed by atoms with van der Waals surface area (Å²) in [5.74, 6) is 1.80. The summed E-state index contributed by atoms with van der Waals surface area (Å²) in [7, 11) is 0. The Labute approximate surface area is 129 Å². The Balaban J connectivity index is 2.01. The molecular formula is C15H21N3O2S. The van der Waals surface area contributed by atoms with Crippen molar-refractivity contribution >= 4 is 23.5 Å². The minimum Gasteiger partial charge on any atom is -0.409 e. The minimum absolute atomic E-state index is 0.0853. The highest BCUT2D eigenvalue weighted by Crippen LogP contribution is 2.22. The number of carbonyl (C=O) groups excluding carboxylic acids is 1. The van der Waals surface area contributed by atoms with E-state index >= 15 is 0 Å². The molecule has 0 aliphatic carbocycles. The molecule has 0 bridgehead atoms. The molecule has 1 saturated heterocycles. The predicted molar refractivity (Wildman–Crippen MR) is 85.7 cm³/mol. The van der Waals surface area contributed by atoms with Gasteiger partial charge in [-0.25, -0.2) is 0 Å². The van der Waals surface area contributed by atoms with Crippen LogP contribution in [0, 0.1) is 5.92 Å². The number of benzene rings is 1. The normalized spacial score (nSPS) is 18.2. The molecule has 1 amide bonds. The zero-order chi connectivity index (χ0) is 15.1. The number of hydrogen-bond acceptors (Lipinski definition) is 4. The van der Waals surface area contributed by atoms with Gasteiger partial charge >= 0.3 is 0 Å². The van der Waals surface area contributed by atoms with Crippen molar-refractivity contribution in [1.82, 2.24) is 5.32 Å². The Morgan fingerprint density at radius 3 is 2.67 bits per heavy atom. The first-order valence-corrected chi connectivity index (χ1v) is 8.25. The van der Waals surface area contributed by atoms with Crippen LogP contribution in [-0.4, -0.2) is 35.0 Å². The summed E-state index contributed by atoms with van der Waals surface area (Å²) in [6.45, 7) is 0.654. The van der Waals surface area contributed by atoms with Crippen LogP contribution in [0.25, 0.3) is 0 Å². The van der Waals surface area contributed by atoms with Crippen molar-refractivity contribution in [2.24, 2.45) is 16.8 Å². The number of nitrogens with two attached hydrogens (primary N) is 1. The van der Waals surface area contributed by atoms with Crippen LogP contribution in [0.5, 0.6) is 0 Å². The number of hydrogen-bond donors (Lipinski definition) is 3. The van der Waals surface area contributed by atoms with Gasteiger partial charge in [-0.05, 0) is 35.8 Å². The van der Waals surface area contributed by atoms with Crippen molar-refractivity contribution in [3.8, 4) is 0 Å². The van der Waals surface area contributed by atoms with E-state index in [1.807, 2.05) is 30.0 Å². The van der Waals surface area contributed by atoms with E-state index in [4.69, 9.17) is 10.9 Å². The number of amidine groups is 1. The Hall–Kier alpha value is -1.69. The van der Waals surface area contributed by atoms with Crippen molar-refractivity contribution in [2.45, 2.75) is 18.8 Å². The largest absolute Gasteiger partial charge is 0.409 e. The lowest BCUT2D eigenvalue weighted by Crippen LogP contribution is -2.39. The highest BCUT2D eigenvalue weighted by Gasteiger charge is 2.26. The van der Waals surface area contributed by atoms with Gasteiger partial charge in [0.15, 0.2) is 5.84 Å². The van der Waals surface area contributed by atoms with Crippen molar-refractivity contribution in [1.29, 1.82) is 0 Å². The lowest BCUT2D eigenvalue weighted by atomic mass is 9.96. The Bertz CT molecular complexity index is 487. The zero-order valence-electron chi connectivity index (χ0n) is 11.9. The molecule has 1 atom stereocenters. The molecule has 1 aliphatic heterocycles. The first-order valence-electron chi connectivity index (χ1n) is 7.10. The molecule has 1 aromatic rings. The second kappa shape index (κ2) is 7.93. The molecule has 1 heterocycles. The maximum Gasteiger partial charge on any atom is 0.235 e. The van der Waals surface area contributed by atoms with Gasteiger partial charge in [0.1, 0.15) is 5.92 Å². The zero-order valence-corrected chi connectivity index (χ0v) is 12.7. The number of nitrogens with one attached hydrogen (secondary N) is 1. The van der Waals surface area contributed by atoms with Gasteiger partial charge in [-0.2, -0.15) is 11.8 Å². The van der Waals surface area contributed by atoms with E-state index in [0.717, 1.165) is 29.9 Å². The molecule has 21 heavy (non-hydrogen) atoms. The number of rotatable bonds is 5. The molecular weight excluding hydrogens is 286 g/mol. The fraction of sp³-hybridized carbons (Fsp3) is 0.467. The summed E-state index contributed by atoms with van der Waals surface area (Å²) >= 11 is 1.96. The van der Waals surface area contributed by atoms with Gasteiger partial charge in [0.05, 0.1) is 0 Å². The molecule has 5 nitrogen and oxygen atoms in total. The van der Waals surface area contributed by atoms with Crippen molar-refractivity contribution in [3.05, 3.63) is 35.9 Å². The number of nitrogens with zero attached hydrogens (tertiary/aromatic N) is 1. The summed E-state index contributed by atoms with van der Waals surface area (Å²) in [4.78, 5) is 12.4. The Morgan fingerprint density at radius 1 is 1.38 bits per heavy atom. The Morgan fingerprint density at radius 2 is 2.05 bits per heavy atom. The number of amides is 1. The molecule has 114 valence electrons. The average molecular weight is 307 g/mol. The van der Waals surface area contributed by atoms with E-state index in [9.17, 15) is 4.79 Å². The highest BCUT2D eigenvalue weighted by atomic mass is 32.2. The topological polar surface area (TPSA) is 87.7 Å². The molecule has 1 aliphatic rings. The molecule has 0 radical (unpaired) electrons. The third-order valence-electron chi connectivity index (χ3n) is 3.71. The van der Waals surface area contributed by atoms with Crippen LogP contribution < -0.4 is 11.1 Å². The maximum absolute atomic E-state index is 12.4. The average Bonchev–Trinajstić information content (AvgIpc) is 2.55. The van der Waals surface area contributed by atoms with Gasteiger partial charge in [-0.1, -0.05) is 35.5 Å². The van der Waals surface area contributed by atoms with Crippen LogP contribution in [0.15, 0.2) is 35.5 Å². The third-order valence-corrected chi connectivity index (χ3v) is 4.76. The van der Waals surface area contributed by atoms with Crippen LogP contribution in [-0.2, 0) is 4.79 Å². The van der Waals surface area contributed by atoms with Crippen molar-refractivity contribution < 1.29 is 10.0 Å². The number of thioether (sulfide) groups is 1.